The van der Waals surface area contributed by atoms with Crippen LogP contribution in [0.15, 0.2) is 66.8 Å². The highest BCUT2D eigenvalue weighted by atomic mass is 32.2. The lowest BCUT2D eigenvalue weighted by Gasteiger charge is -2.37. The minimum atomic E-state index is -0.962. The maximum absolute atomic E-state index is 14.6. The Hall–Kier alpha value is -3.56. The predicted molar refractivity (Wildman–Crippen MR) is 165 cm³/mol. The second-order valence-corrected chi connectivity index (χ2v) is 13.4. The van der Waals surface area contributed by atoms with Crippen LogP contribution in [0, 0.1) is 25.7 Å². The molecule has 0 saturated carbocycles. The zero-order chi connectivity index (χ0) is 29.8. The van der Waals surface area contributed by atoms with Crippen molar-refractivity contribution in [3.8, 4) is 5.75 Å². The summed E-state index contributed by atoms with van der Waals surface area (Å²) in [4.78, 5) is 48.5. The number of hydrogen-bond donors (Lipinski definition) is 1. The van der Waals surface area contributed by atoms with Crippen molar-refractivity contribution in [3.63, 3.8) is 0 Å². The van der Waals surface area contributed by atoms with Crippen LogP contribution in [0.5, 0.6) is 5.75 Å². The van der Waals surface area contributed by atoms with Crippen LogP contribution in [0.4, 0.5) is 11.4 Å². The number of nitrogens with zero attached hydrogens (tertiary/aromatic N) is 3. The molecule has 1 N–H and O–H groups in total. The highest BCUT2D eigenvalue weighted by Crippen LogP contribution is 2.65. The number of aryl methyl sites for hydroxylation is 2. The van der Waals surface area contributed by atoms with Gasteiger partial charge in [-0.1, -0.05) is 42.5 Å². The number of amides is 3. The molecule has 6 rings (SSSR count). The summed E-state index contributed by atoms with van der Waals surface area (Å²) in [6, 6.07) is 12.5. The summed E-state index contributed by atoms with van der Waals surface area (Å²) in [5.74, 6) is -1.32. The Balaban J connectivity index is 1.44. The Morgan fingerprint density at radius 3 is 2.24 bits per heavy atom. The normalized spacial score (nSPS) is 30.3. The largest absolute Gasteiger partial charge is 0.494 e. The van der Waals surface area contributed by atoms with E-state index in [0.717, 1.165) is 28.3 Å². The number of rotatable bonds is 6. The minimum absolute atomic E-state index is 0.0263. The first-order chi connectivity index (χ1) is 20.2. The summed E-state index contributed by atoms with van der Waals surface area (Å²) in [6.45, 7) is 8.94. The lowest BCUT2D eigenvalue weighted by molar-refractivity contribution is -0.139. The van der Waals surface area contributed by atoms with Crippen molar-refractivity contribution in [1.82, 2.24) is 4.90 Å². The van der Waals surface area contributed by atoms with Crippen molar-refractivity contribution >= 4 is 40.9 Å². The molecule has 1 unspecified atom stereocenters. The number of benzene rings is 2. The zero-order valence-corrected chi connectivity index (χ0v) is 25.3. The fraction of sp³-hybridized carbons (Fsp3) is 0.424. The van der Waals surface area contributed by atoms with Gasteiger partial charge in [0.25, 0.3) is 5.91 Å². The van der Waals surface area contributed by atoms with Crippen molar-refractivity contribution in [1.29, 1.82) is 0 Å². The molecule has 0 radical (unpaired) electrons. The number of aliphatic hydroxyl groups is 1. The molecule has 2 aromatic carbocycles. The number of ether oxygens (including phenoxy) is 1. The van der Waals surface area contributed by atoms with E-state index in [0.29, 0.717) is 19.7 Å². The molecule has 4 aliphatic heterocycles. The molecule has 2 fully saturated rings. The van der Waals surface area contributed by atoms with Crippen LogP contribution in [0.25, 0.3) is 0 Å². The highest BCUT2D eigenvalue weighted by Gasteiger charge is 2.74. The monoisotopic (exact) mass is 587 g/mol. The molecule has 0 aromatic heterocycles. The Kier molecular flexibility index (Phi) is 7.22. The van der Waals surface area contributed by atoms with E-state index in [-0.39, 0.29) is 30.9 Å². The maximum Gasteiger partial charge on any atom is 0.251 e. The number of anilines is 2. The first-order valence-electron chi connectivity index (χ1n) is 14.6. The molecular formula is C33H37N3O5S. The third kappa shape index (κ3) is 4.20. The molecule has 9 heteroatoms. The number of β-amino-alcohol motifs (C(OH)–C–C–N with tert-alkyl or cyclic N) is 1. The number of hydrogen-bond acceptors (Lipinski definition) is 6. The van der Waals surface area contributed by atoms with Gasteiger partial charge in [0.2, 0.25) is 11.8 Å². The molecule has 2 aromatic rings. The summed E-state index contributed by atoms with van der Waals surface area (Å²) in [5, 5.41) is 10.0. The molecule has 8 nitrogen and oxygen atoms in total. The van der Waals surface area contributed by atoms with Crippen molar-refractivity contribution in [3.05, 3.63) is 77.9 Å². The number of aliphatic hydroxyl groups excluding tert-OH is 1. The average molecular weight is 588 g/mol. The zero-order valence-electron chi connectivity index (χ0n) is 24.4. The summed E-state index contributed by atoms with van der Waals surface area (Å²) < 4.78 is 3.92. The Bertz CT molecular complexity index is 1470. The van der Waals surface area contributed by atoms with Crippen LogP contribution in [0.1, 0.15) is 25.0 Å². The fourth-order valence-electron chi connectivity index (χ4n) is 7.42. The van der Waals surface area contributed by atoms with E-state index >= 15 is 0 Å². The van der Waals surface area contributed by atoms with Gasteiger partial charge in [-0.2, -0.15) is 0 Å². The van der Waals surface area contributed by atoms with Gasteiger partial charge in [-0.05, 0) is 63.1 Å². The maximum atomic E-state index is 14.6. The summed E-state index contributed by atoms with van der Waals surface area (Å²) in [5.41, 5.74) is 3.52. The van der Waals surface area contributed by atoms with Crippen LogP contribution in [0.2, 0.25) is 0 Å². The van der Waals surface area contributed by atoms with Crippen molar-refractivity contribution < 1.29 is 24.2 Å². The van der Waals surface area contributed by atoms with Gasteiger partial charge in [0.1, 0.15) is 11.8 Å². The lowest BCUT2D eigenvalue weighted by atomic mass is 9.74. The molecule has 220 valence electrons. The van der Waals surface area contributed by atoms with Crippen molar-refractivity contribution in [2.75, 3.05) is 42.6 Å². The molecule has 4 heterocycles. The quantitative estimate of drug-likeness (QED) is 0.516. The molecule has 3 amide bonds. The first-order valence-corrected chi connectivity index (χ1v) is 15.4. The number of fused-ring (bicyclic) bond motifs is 2. The molecule has 1 spiro atoms. The van der Waals surface area contributed by atoms with E-state index in [1.54, 1.807) is 21.6 Å². The van der Waals surface area contributed by atoms with E-state index in [2.05, 4.69) is 6.08 Å². The van der Waals surface area contributed by atoms with Crippen molar-refractivity contribution in [2.45, 2.75) is 43.2 Å². The summed E-state index contributed by atoms with van der Waals surface area (Å²) in [7, 11) is 0. The molecule has 4 aliphatic rings. The van der Waals surface area contributed by atoms with Crippen LogP contribution < -0.4 is 14.5 Å². The topological polar surface area (TPSA) is 90.4 Å². The van der Waals surface area contributed by atoms with Crippen LogP contribution >= 0.6 is 11.8 Å². The number of thioether (sulfide) groups is 1. The molecule has 0 aliphatic carbocycles. The summed E-state index contributed by atoms with van der Waals surface area (Å²) >= 11 is 1.55. The standard InChI is InChI=1S/C33H37N3O5S/c1-5-41-24-13-11-23(12-14-24)34-17-7-15-32(4)25(29(34)38)26-30(39)36(19-20-37)28-31(40)35(18-8-16-33(26,28)42-32)27-21(2)9-6-10-22(27)3/h6-16,25-26,28,37H,5,17-20H2,1-4H3/t25-,26-,28?,32+,33-/m0/s1. The SMILES string of the molecule is CCOc1ccc(N2CC=C[C@@]3(C)S[C@]45C=CCN(c6c(C)cccc6C)C(=O)C4N(CCO)C(=O)[C@@H]5[C@H]3C2=O)cc1. The Morgan fingerprint density at radius 2 is 1.57 bits per heavy atom. The van der Waals surface area contributed by atoms with E-state index in [9.17, 15) is 19.5 Å². The van der Waals surface area contributed by atoms with E-state index in [1.807, 2.05) is 88.4 Å². The number of carbonyl (C=O) groups excluding carboxylic acids is 3. The number of likely N-dealkylation sites (tertiary alicyclic amines) is 1. The van der Waals surface area contributed by atoms with Gasteiger partial charge >= 0.3 is 0 Å². The Labute approximate surface area is 251 Å². The van der Waals surface area contributed by atoms with Gasteiger partial charge in [-0.25, -0.2) is 0 Å². The van der Waals surface area contributed by atoms with Gasteiger partial charge in [-0.3, -0.25) is 14.4 Å². The second-order valence-electron chi connectivity index (χ2n) is 11.6. The first kappa shape index (κ1) is 28.6. The Morgan fingerprint density at radius 1 is 0.905 bits per heavy atom. The third-order valence-corrected chi connectivity index (χ3v) is 10.9. The predicted octanol–water partition coefficient (Wildman–Crippen LogP) is 3.89. The molecule has 5 atom stereocenters. The van der Waals surface area contributed by atoms with Gasteiger partial charge in [-0.15, -0.1) is 11.8 Å². The second kappa shape index (κ2) is 10.6. The van der Waals surface area contributed by atoms with E-state index in [4.69, 9.17) is 4.74 Å². The molecule has 2 saturated heterocycles. The molecule has 42 heavy (non-hydrogen) atoms. The minimum Gasteiger partial charge on any atom is -0.494 e. The molecule has 0 bridgehead atoms. The highest BCUT2D eigenvalue weighted by molar-refractivity contribution is 8.02. The van der Waals surface area contributed by atoms with Gasteiger partial charge in [0, 0.05) is 35.8 Å². The van der Waals surface area contributed by atoms with Gasteiger partial charge in [0.05, 0.1) is 29.8 Å². The lowest BCUT2D eigenvalue weighted by Crippen LogP contribution is -2.54. The summed E-state index contributed by atoms with van der Waals surface area (Å²) in [6.07, 6.45) is 8.03. The average Bonchev–Trinajstić information content (AvgIpc) is 3.22. The number of carbonyl (C=O) groups is 3. The molecular weight excluding hydrogens is 550 g/mol. The van der Waals surface area contributed by atoms with E-state index < -0.39 is 27.4 Å². The smallest absolute Gasteiger partial charge is 0.251 e. The van der Waals surface area contributed by atoms with Crippen molar-refractivity contribution in [2.24, 2.45) is 11.8 Å². The third-order valence-electron chi connectivity index (χ3n) is 9.07. The van der Waals surface area contributed by atoms with Gasteiger partial charge in [0.15, 0.2) is 0 Å². The van der Waals surface area contributed by atoms with Crippen LogP contribution in [-0.4, -0.2) is 76.1 Å². The van der Waals surface area contributed by atoms with Crippen LogP contribution in [0.3, 0.4) is 0 Å². The van der Waals surface area contributed by atoms with Crippen LogP contribution in [-0.2, 0) is 14.4 Å². The fourth-order valence-corrected chi connectivity index (χ4v) is 9.58. The van der Waals surface area contributed by atoms with Gasteiger partial charge < -0.3 is 24.5 Å². The number of para-hydroxylation sites is 1. The van der Waals surface area contributed by atoms with E-state index in [1.165, 1.54) is 4.90 Å².